The van der Waals surface area contributed by atoms with E-state index in [0.717, 1.165) is 0 Å². The summed E-state index contributed by atoms with van der Waals surface area (Å²) in [5.41, 5.74) is -3.95. The monoisotopic (exact) mass is 323 g/mol. The quantitative estimate of drug-likeness (QED) is 0.759. The molecular formula is C11H9ClF7N. The van der Waals surface area contributed by atoms with Gasteiger partial charge >= 0.3 is 12.4 Å². The summed E-state index contributed by atoms with van der Waals surface area (Å²) in [6.07, 6.45) is -9.80. The molecule has 1 heterocycles. The highest BCUT2D eigenvalue weighted by Gasteiger charge is 2.42. The topological polar surface area (TPSA) is 12.0 Å². The molecule has 0 radical (unpaired) electrons. The van der Waals surface area contributed by atoms with Gasteiger partial charge in [-0.3, -0.25) is 0 Å². The van der Waals surface area contributed by atoms with Crippen LogP contribution in [0.1, 0.15) is 29.2 Å². The lowest BCUT2D eigenvalue weighted by Crippen LogP contribution is -2.37. The van der Waals surface area contributed by atoms with Crippen molar-refractivity contribution in [1.82, 2.24) is 5.32 Å². The molecule has 0 aromatic heterocycles. The van der Waals surface area contributed by atoms with E-state index in [2.05, 4.69) is 5.32 Å². The Balaban J connectivity index is 0.00000200. The predicted octanol–water partition coefficient (Wildman–Crippen LogP) is 4.32. The van der Waals surface area contributed by atoms with Crippen LogP contribution in [0.5, 0.6) is 0 Å². The number of benzene rings is 1. The summed E-state index contributed by atoms with van der Waals surface area (Å²) in [6, 6.07) is -0.831. The molecule has 20 heavy (non-hydrogen) atoms. The number of nitrogens with one attached hydrogen (secondary N) is 1. The van der Waals surface area contributed by atoms with E-state index in [1.165, 1.54) is 0 Å². The van der Waals surface area contributed by atoms with Crippen molar-refractivity contribution in [1.29, 1.82) is 0 Å². The number of alkyl halides is 6. The van der Waals surface area contributed by atoms with Gasteiger partial charge in [0.25, 0.3) is 0 Å². The zero-order valence-electron chi connectivity index (χ0n) is 9.70. The molecule has 1 aliphatic heterocycles. The standard InChI is InChI=1S/C11H8F7N.ClH/c12-7-4-5(10(13,14)15)3-6(11(16,17)18)9(7)8-1-2-19-8;/h3-4,8,19H,1-2H2;1H/t8-;/m1./s1. The molecule has 0 aliphatic carbocycles. The molecule has 0 unspecified atom stereocenters. The third kappa shape index (κ3) is 3.17. The van der Waals surface area contributed by atoms with Gasteiger partial charge in [-0.1, -0.05) is 0 Å². The first-order valence-electron chi connectivity index (χ1n) is 5.32. The van der Waals surface area contributed by atoms with Crippen LogP contribution < -0.4 is 5.32 Å². The maximum atomic E-state index is 13.6. The van der Waals surface area contributed by atoms with Crippen molar-refractivity contribution < 1.29 is 30.7 Å². The summed E-state index contributed by atoms with van der Waals surface area (Å²) in [5.74, 6) is -1.49. The average molecular weight is 324 g/mol. The second-order valence-electron chi connectivity index (χ2n) is 4.21. The third-order valence-electron chi connectivity index (χ3n) is 2.93. The molecule has 1 aromatic rings. The largest absolute Gasteiger partial charge is 0.416 e. The van der Waals surface area contributed by atoms with E-state index in [1.54, 1.807) is 0 Å². The Morgan fingerprint density at radius 2 is 1.55 bits per heavy atom. The van der Waals surface area contributed by atoms with Gasteiger partial charge in [0.15, 0.2) is 0 Å². The molecule has 1 aromatic carbocycles. The minimum Gasteiger partial charge on any atom is -0.310 e. The van der Waals surface area contributed by atoms with Crippen molar-refractivity contribution in [2.75, 3.05) is 6.54 Å². The molecule has 2 rings (SSSR count). The number of halogens is 8. The Kier molecular flexibility index (Phi) is 4.60. The smallest absolute Gasteiger partial charge is 0.310 e. The van der Waals surface area contributed by atoms with Crippen molar-refractivity contribution in [3.8, 4) is 0 Å². The lowest BCUT2D eigenvalue weighted by Gasteiger charge is -2.31. The molecule has 1 atom stereocenters. The van der Waals surface area contributed by atoms with Gasteiger partial charge in [-0.25, -0.2) is 4.39 Å². The van der Waals surface area contributed by atoms with E-state index in [1.807, 2.05) is 0 Å². The lowest BCUT2D eigenvalue weighted by molar-refractivity contribution is -0.144. The predicted molar refractivity (Wildman–Crippen MR) is 59.0 cm³/mol. The summed E-state index contributed by atoms with van der Waals surface area (Å²) in [6.45, 7) is 0.405. The van der Waals surface area contributed by atoms with E-state index in [4.69, 9.17) is 0 Å². The van der Waals surface area contributed by atoms with Crippen molar-refractivity contribution in [3.63, 3.8) is 0 Å². The van der Waals surface area contributed by atoms with Gasteiger partial charge in [0.1, 0.15) is 5.82 Å². The van der Waals surface area contributed by atoms with E-state index < -0.39 is 40.9 Å². The fourth-order valence-electron chi connectivity index (χ4n) is 1.91. The van der Waals surface area contributed by atoms with Crippen LogP contribution in [0, 0.1) is 5.82 Å². The third-order valence-corrected chi connectivity index (χ3v) is 2.93. The number of hydrogen-bond acceptors (Lipinski definition) is 1. The van der Waals surface area contributed by atoms with E-state index in [-0.39, 0.29) is 31.0 Å². The first kappa shape index (κ1) is 17.0. The van der Waals surface area contributed by atoms with Gasteiger partial charge in [-0.15, -0.1) is 12.4 Å². The van der Waals surface area contributed by atoms with E-state index >= 15 is 0 Å². The summed E-state index contributed by atoms with van der Waals surface area (Å²) in [7, 11) is 0. The van der Waals surface area contributed by atoms with Crippen molar-refractivity contribution in [3.05, 3.63) is 34.6 Å². The van der Waals surface area contributed by atoms with Crippen LogP contribution in [-0.2, 0) is 12.4 Å². The van der Waals surface area contributed by atoms with Gasteiger partial charge in [0.2, 0.25) is 0 Å². The van der Waals surface area contributed by atoms with E-state index in [0.29, 0.717) is 6.54 Å². The first-order chi connectivity index (χ1) is 8.60. The molecule has 1 saturated heterocycles. The molecule has 1 nitrogen and oxygen atoms in total. The van der Waals surface area contributed by atoms with Crippen LogP contribution >= 0.6 is 12.4 Å². The zero-order valence-corrected chi connectivity index (χ0v) is 10.5. The minimum atomic E-state index is -5.03. The van der Waals surface area contributed by atoms with Gasteiger partial charge in [0, 0.05) is 11.6 Å². The molecule has 9 heteroatoms. The molecular weight excluding hydrogens is 315 g/mol. The van der Waals surface area contributed by atoms with Gasteiger partial charge in [-0.2, -0.15) is 26.3 Å². The van der Waals surface area contributed by atoms with Crippen LogP contribution in [-0.4, -0.2) is 6.54 Å². The SMILES string of the molecule is Cl.Fc1cc(C(F)(F)F)cc(C(F)(F)F)c1[C@H]1CCN1. The fourth-order valence-corrected chi connectivity index (χ4v) is 1.91. The summed E-state index contributed by atoms with van der Waals surface area (Å²) in [5, 5.41) is 2.55. The molecule has 0 amide bonds. The Bertz CT molecular complexity index is 491. The highest BCUT2D eigenvalue weighted by molar-refractivity contribution is 5.85. The lowest BCUT2D eigenvalue weighted by atomic mass is 9.91. The Morgan fingerprint density at radius 1 is 1.00 bits per heavy atom. The zero-order chi connectivity index (χ0) is 14.4. The molecule has 114 valence electrons. The highest BCUT2D eigenvalue weighted by Crippen LogP contribution is 2.42. The van der Waals surface area contributed by atoms with Crippen LogP contribution in [0.2, 0.25) is 0 Å². The van der Waals surface area contributed by atoms with Crippen molar-refractivity contribution in [2.24, 2.45) is 0 Å². The number of hydrogen-bond donors (Lipinski definition) is 1. The van der Waals surface area contributed by atoms with Gasteiger partial charge in [-0.05, 0) is 25.1 Å². The summed E-state index contributed by atoms with van der Waals surface area (Å²) in [4.78, 5) is 0. The maximum absolute atomic E-state index is 13.6. The molecule has 1 aliphatic rings. The fraction of sp³-hybridized carbons (Fsp3) is 0.455. The normalized spacial score (nSPS) is 19.2. The first-order valence-corrected chi connectivity index (χ1v) is 5.32. The summed E-state index contributed by atoms with van der Waals surface area (Å²) < 4.78 is 89.1. The van der Waals surface area contributed by atoms with Crippen molar-refractivity contribution >= 4 is 12.4 Å². The second kappa shape index (κ2) is 5.40. The van der Waals surface area contributed by atoms with Gasteiger partial charge in [0.05, 0.1) is 11.1 Å². The Hall–Kier alpha value is -1.02. The Morgan fingerprint density at radius 3 is 1.90 bits per heavy atom. The Labute approximate surface area is 115 Å². The maximum Gasteiger partial charge on any atom is 0.416 e. The van der Waals surface area contributed by atoms with Crippen LogP contribution in [0.25, 0.3) is 0 Å². The van der Waals surface area contributed by atoms with Crippen molar-refractivity contribution in [2.45, 2.75) is 24.8 Å². The second-order valence-corrected chi connectivity index (χ2v) is 4.21. The highest BCUT2D eigenvalue weighted by atomic mass is 35.5. The van der Waals surface area contributed by atoms with Gasteiger partial charge < -0.3 is 5.32 Å². The molecule has 0 bridgehead atoms. The molecule has 1 N–H and O–H groups in total. The van der Waals surface area contributed by atoms with Crippen LogP contribution in [0.15, 0.2) is 12.1 Å². The molecule has 0 saturated carbocycles. The van der Waals surface area contributed by atoms with E-state index in [9.17, 15) is 30.7 Å². The minimum absolute atomic E-state index is 0. The van der Waals surface area contributed by atoms with Crippen LogP contribution in [0.4, 0.5) is 30.7 Å². The van der Waals surface area contributed by atoms with Crippen LogP contribution in [0.3, 0.4) is 0 Å². The number of rotatable bonds is 1. The molecule has 0 spiro atoms. The molecule has 1 fully saturated rings. The average Bonchev–Trinajstić information content (AvgIpc) is 2.14. The summed E-state index contributed by atoms with van der Waals surface area (Å²) >= 11 is 0.